The fourth-order valence-electron chi connectivity index (χ4n) is 2.89. The van der Waals surface area contributed by atoms with Crippen LogP contribution in [0.4, 0.5) is 0 Å². The fraction of sp³-hybridized carbons (Fsp3) is 0.562. The van der Waals surface area contributed by atoms with Crippen molar-refractivity contribution < 1.29 is 4.79 Å². The Morgan fingerprint density at radius 3 is 3.05 bits per heavy atom. The number of pyridine rings is 1. The van der Waals surface area contributed by atoms with Crippen LogP contribution in [0.15, 0.2) is 24.5 Å². The van der Waals surface area contributed by atoms with Crippen molar-refractivity contribution in [2.45, 2.75) is 44.7 Å². The quantitative estimate of drug-likeness (QED) is 0.866. The molecule has 0 bridgehead atoms. The molecule has 0 radical (unpaired) electrons. The van der Waals surface area contributed by atoms with Crippen LogP contribution in [0.1, 0.15) is 38.2 Å². The van der Waals surface area contributed by atoms with Gasteiger partial charge in [-0.25, -0.2) is 0 Å². The standard InChI is InChI=1S/C16H22N4O/c1-2-16(7-4-10-19-16)15(21)20(11-5-8-17)13-14-6-3-9-18-12-14/h3,6,9,12,19H,2,4-5,7,10-11,13H2,1H3. The molecule has 2 heterocycles. The molecule has 5 heteroatoms. The highest BCUT2D eigenvalue weighted by atomic mass is 16.2. The van der Waals surface area contributed by atoms with Crippen LogP contribution >= 0.6 is 0 Å². The molecule has 1 saturated heterocycles. The molecule has 1 N–H and O–H groups in total. The highest BCUT2D eigenvalue weighted by molar-refractivity contribution is 5.86. The molecule has 1 aromatic rings. The van der Waals surface area contributed by atoms with Crippen LogP contribution in [0.3, 0.4) is 0 Å². The molecule has 0 saturated carbocycles. The largest absolute Gasteiger partial charge is 0.336 e. The lowest BCUT2D eigenvalue weighted by Crippen LogP contribution is -2.54. The van der Waals surface area contributed by atoms with Crippen LogP contribution in [0, 0.1) is 11.3 Å². The van der Waals surface area contributed by atoms with Crippen LogP contribution in [-0.2, 0) is 11.3 Å². The van der Waals surface area contributed by atoms with Crippen LogP contribution in [0.25, 0.3) is 0 Å². The minimum absolute atomic E-state index is 0.113. The zero-order chi connectivity index (χ0) is 15.1. The van der Waals surface area contributed by atoms with Crippen molar-refractivity contribution in [2.24, 2.45) is 0 Å². The molecule has 0 aromatic carbocycles. The summed E-state index contributed by atoms with van der Waals surface area (Å²) in [6, 6.07) is 5.96. The number of hydrogen-bond donors (Lipinski definition) is 1. The zero-order valence-electron chi connectivity index (χ0n) is 12.5. The zero-order valence-corrected chi connectivity index (χ0v) is 12.5. The summed E-state index contributed by atoms with van der Waals surface area (Å²) in [5.74, 6) is 0.113. The number of nitrogens with zero attached hydrogens (tertiary/aromatic N) is 3. The summed E-state index contributed by atoms with van der Waals surface area (Å²) in [6.07, 6.45) is 6.52. The third-order valence-electron chi connectivity index (χ3n) is 4.13. The second kappa shape index (κ2) is 7.19. The summed E-state index contributed by atoms with van der Waals surface area (Å²) in [6.45, 7) is 3.91. The van der Waals surface area contributed by atoms with E-state index in [2.05, 4.69) is 16.4 Å². The van der Waals surface area contributed by atoms with Crippen LogP contribution in [0.2, 0.25) is 0 Å². The van der Waals surface area contributed by atoms with Gasteiger partial charge in [-0.05, 0) is 37.4 Å². The summed E-state index contributed by atoms with van der Waals surface area (Å²) in [7, 11) is 0. The van der Waals surface area contributed by atoms with Crippen molar-refractivity contribution in [1.29, 1.82) is 5.26 Å². The van der Waals surface area contributed by atoms with Gasteiger partial charge < -0.3 is 10.2 Å². The molecule has 1 unspecified atom stereocenters. The second-order valence-electron chi connectivity index (χ2n) is 5.46. The van der Waals surface area contributed by atoms with E-state index in [0.29, 0.717) is 19.5 Å². The highest BCUT2D eigenvalue weighted by Gasteiger charge is 2.41. The molecule has 21 heavy (non-hydrogen) atoms. The van der Waals surface area contributed by atoms with E-state index in [-0.39, 0.29) is 5.91 Å². The van der Waals surface area contributed by atoms with Crippen LogP contribution in [-0.4, -0.2) is 34.4 Å². The maximum Gasteiger partial charge on any atom is 0.243 e. The van der Waals surface area contributed by atoms with Gasteiger partial charge in [-0.2, -0.15) is 5.26 Å². The molecule has 1 atom stereocenters. The first kappa shape index (κ1) is 15.5. The van der Waals surface area contributed by atoms with E-state index in [1.54, 1.807) is 17.3 Å². The Labute approximate surface area is 126 Å². The number of aromatic nitrogens is 1. The van der Waals surface area contributed by atoms with E-state index < -0.39 is 5.54 Å². The molecule has 5 nitrogen and oxygen atoms in total. The van der Waals surface area contributed by atoms with Gasteiger partial charge in [0.05, 0.1) is 18.0 Å². The fourth-order valence-corrected chi connectivity index (χ4v) is 2.89. The minimum atomic E-state index is -0.447. The number of carbonyl (C=O) groups excluding carboxylic acids is 1. The Hall–Kier alpha value is -1.93. The number of nitrogens with one attached hydrogen (secondary N) is 1. The summed E-state index contributed by atoms with van der Waals surface area (Å²) < 4.78 is 0. The van der Waals surface area contributed by atoms with Gasteiger partial charge in [0.25, 0.3) is 0 Å². The number of hydrogen-bond acceptors (Lipinski definition) is 4. The Morgan fingerprint density at radius 2 is 2.48 bits per heavy atom. The van der Waals surface area contributed by atoms with Gasteiger partial charge in [-0.15, -0.1) is 0 Å². The first-order valence-electron chi connectivity index (χ1n) is 7.52. The molecule has 1 amide bonds. The molecule has 0 spiro atoms. The van der Waals surface area contributed by atoms with Gasteiger partial charge in [-0.3, -0.25) is 9.78 Å². The Kier molecular flexibility index (Phi) is 5.29. The summed E-state index contributed by atoms with van der Waals surface area (Å²) in [4.78, 5) is 18.8. The smallest absolute Gasteiger partial charge is 0.243 e. The van der Waals surface area contributed by atoms with Crippen molar-refractivity contribution in [3.8, 4) is 6.07 Å². The number of rotatable bonds is 6. The first-order chi connectivity index (χ1) is 10.2. The van der Waals surface area contributed by atoms with Crippen molar-refractivity contribution in [2.75, 3.05) is 13.1 Å². The third-order valence-corrected chi connectivity index (χ3v) is 4.13. The second-order valence-corrected chi connectivity index (χ2v) is 5.46. The predicted octanol–water partition coefficient (Wildman–Crippen LogP) is 1.86. The van der Waals surface area contributed by atoms with Gasteiger partial charge in [-0.1, -0.05) is 13.0 Å². The van der Waals surface area contributed by atoms with Crippen molar-refractivity contribution >= 4 is 5.91 Å². The van der Waals surface area contributed by atoms with Crippen LogP contribution in [0.5, 0.6) is 0 Å². The predicted molar refractivity (Wildman–Crippen MR) is 80.1 cm³/mol. The lowest BCUT2D eigenvalue weighted by Gasteiger charge is -2.33. The molecule has 2 rings (SSSR count). The molecule has 0 aliphatic carbocycles. The van der Waals surface area contributed by atoms with E-state index in [4.69, 9.17) is 5.26 Å². The van der Waals surface area contributed by atoms with Gasteiger partial charge in [0.15, 0.2) is 0 Å². The monoisotopic (exact) mass is 286 g/mol. The Bertz CT molecular complexity index is 503. The van der Waals surface area contributed by atoms with Crippen molar-refractivity contribution in [3.63, 3.8) is 0 Å². The minimum Gasteiger partial charge on any atom is -0.336 e. The number of amides is 1. The molecule has 1 aliphatic heterocycles. The summed E-state index contributed by atoms with van der Waals surface area (Å²) in [5.41, 5.74) is 0.547. The average Bonchev–Trinajstić information content (AvgIpc) is 3.02. The summed E-state index contributed by atoms with van der Waals surface area (Å²) >= 11 is 0. The maximum atomic E-state index is 12.9. The van der Waals surface area contributed by atoms with Gasteiger partial charge in [0, 0.05) is 25.5 Å². The van der Waals surface area contributed by atoms with Crippen LogP contribution < -0.4 is 5.32 Å². The van der Waals surface area contributed by atoms with Gasteiger partial charge >= 0.3 is 0 Å². The Balaban J connectivity index is 2.15. The van der Waals surface area contributed by atoms with E-state index >= 15 is 0 Å². The van der Waals surface area contributed by atoms with Crippen molar-refractivity contribution in [1.82, 2.24) is 15.2 Å². The average molecular weight is 286 g/mol. The Morgan fingerprint density at radius 1 is 1.62 bits per heavy atom. The lowest BCUT2D eigenvalue weighted by atomic mass is 9.92. The van der Waals surface area contributed by atoms with E-state index in [1.807, 2.05) is 19.1 Å². The van der Waals surface area contributed by atoms with E-state index in [0.717, 1.165) is 31.4 Å². The lowest BCUT2D eigenvalue weighted by molar-refractivity contribution is -0.138. The van der Waals surface area contributed by atoms with Crippen molar-refractivity contribution in [3.05, 3.63) is 30.1 Å². The normalized spacial score (nSPS) is 21.0. The number of nitriles is 1. The third kappa shape index (κ3) is 3.59. The summed E-state index contributed by atoms with van der Waals surface area (Å²) in [5, 5.41) is 12.2. The molecular weight excluding hydrogens is 264 g/mol. The maximum absolute atomic E-state index is 12.9. The first-order valence-corrected chi connectivity index (χ1v) is 7.52. The molecule has 1 aromatic heterocycles. The SMILES string of the molecule is CCC1(C(=O)N(CCC#N)Cc2cccnc2)CCCN1. The van der Waals surface area contributed by atoms with E-state index in [1.165, 1.54) is 0 Å². The van der Waals surface area contributed by atoms with Gasteiger partial charge in [0.2, 0.25) is 5.91 Å². The molecule has 1 fully saturated rings. The van der Waals surface area contributed by atoms with E-state index in [9.17, 15) is 4.79 Å². The number of carbonyl (C=O) groups is 1. The molecular formula is C16H22N4O. The molecule has 1 aliphatic rings. The molecule has 112 valence electrons. The van der Waals surface area contributed by atoms with Gasteiger partial charge in [0.1, 0.15) is 0 Å². The topological polar surface area (TPSA) is 69.0 Å². The highest BCUT2D eigenvalue weighted by Crippen LogP contribution is 2.26.